The highest BCUT2D eigenvalue weighted by Crippen LogP contribution is 2.43. The number of hydrogen-bond donors (Lipinski definition) is 1. The van der Waals surface area contributed by atoms with Gasteiger partial charge in [0.25, 0.3) is 0 Å². The fourth-order valence-electron chi connectivity index (χ4n) is 5.32. The molecule has 1 N–H and O–H groups in total. The van der Waals surface area contributed by atoms with Gasteiger partial charge in [0.2, 0.25) is 0 Å². The predicted octanol–water partition coefficient (Wildman–Crippen LogP) is 7.27. The first kappa shape index (κ1) is 20.1. The summed E-state index contributed by atoms with van der Waals surface area (Å²) in [6, 6.07) is 36.9. The van der Waals surface area contributed by atoms with E-state index in [1.54, 1.807) is 0 Å². The third-order valence-electron chi connectivity index (χ3n) is 7.03. The van der Waals surface area contributed by atoms with Crippen molar-refractivity contribution in [2.24, 2.45) is 0 Å². The molecule has 3 aromatic heterocycles. The Balaban J connectivity index is 1.40. The van der Waals surface area contributed by atoms with Crippen molar-refractivity contribution in [1.82, 2.24) is 19.3 Å². The maximum atomic E-state index is 6.33. The second-order valence-corrected chi connectivity index (χ2v) is 9.25. The van der Waals surface area contributed by atoms with Gasteiger partial charge >= 0.3 is 0 Å². The Hall–Kier alpha value is -5.10. The Morgan fingerprint density at radius 1 is 0.784 bits per heavy atom. The van der Waals surface area contributed by atoms with Crippen LogP contribution in [-0.4, -0.2) is 19.3 Å². The average molecular weight is 480 g/mol. The largest absolute Gasteiger partial charge is 0.454 e. The molecular weight excluding hydrogens is 458 g/mol. The molecule has 0 spiro atoms. The standard InChI is InChI=1S/C31H21N5O/c1-2-11-21(12-3-1)35-19-23(29(34-35)28-18-20-10-4-9-17-27(20)37-28)31-32-24-14-6-5-13-22(24)30-33-25-15-7-8-16-26(25)36(30)31/h1-19,31-32H/t31-/m0/s1. The Morgan fingerprint density at radius 3 is 2.49 bits per heavy atom. The van der Waals surface area contributed by atoms with E-state index in [1.807, 2.05) is 47.1 Å². The first-order valence-corrected chi connectivity index (χ1v) is 12.3. The van der Waals surface area contributed by atoms with Gasteiger partial charge in [-0.25, -0.2) is 9.67 Å². The highest BCUT2D eigenvalue weighted by molar-refractivity contribution is 5.88. The SMILES string of the molecule is c1ccc(-n2cc([C@H]3Nc4ccccc4-c4nc5ccccc5n43)c(-c3cc4ccccc4o3)n2)cc1. The van der Waals surface area contributed by atoms with E-state index in [1.165, 1.54) is 0 Å². The van der Waals surface area contributed by atoms with Crippen LogP contribution in [0.4, 0.5) is 5.69 Å². The van der Waals surface area contributed by atoms with Gasteiger partial charge in [-0.15, -0.1) is 0 Å². The molecule has 1 aliphatic heterocycles. The zero-order chi connectivity index (χ0) is 24.3. The fraction of sp³-hybridized carbons (Fsp3) is 0.0323. The second-order valence-electron chi connectivity index (χ2n) is 9.25. The lowest BCUT2D eigenvalue weighted by Gasteiger charge is -2.29. The van der Waals surface area contributed by atoms with Crippen molar-refractivity contribution in [3.8, 4) is 28.5 Å². The third-order valence-corrected chi connectivity index (χ3v) is 7.03. The van der Waals surface area contributed by atoms with Crippen LogP contribution in [0.15, 0.2) is 120 Å². The summed E-state index contributed by atoms with van der Waals surface area (Å²) in [6.45, 7) is 0. The van der Waals surface area contributed by atoms with E-state index >= 15 is 0 Å². The zero-order valence-corrected chi connectivity index (χ0v) is 19.7. The molecule has 176 valence electrons. The Morgan fingerprint density at radius 2 is 1.57 bits per heavy atom. The van der Waals surface area contributed by atoms with E-state index in [9.17, 15) is 0 Å². The first-order chi connectivity index (χ1) is 18.3. The molecule has 0 aliphatic carbocycles. The number of rotatable bonds is 3. The Kier molecular flexibility index (Phi) is 4.19. The number of fused-ring (bicyclic) bond motifs is 6. The zero-order valence-electron chi connectivity index (χ0n) is 19.7. The predicted molar refractivity (Wildman–Crippen MR) is 146 cm³/mol. The topological polar surface area (TPSA) is 60.8 Å². The molecule has 7 aromatic rings. The lowest BCUT2D eigenvalue weighted by Crippen LogP contribution is -2.25. The molecular formula is C31H21N5O. The number of benzene rings is 4. The number of nitrogens with zero attached hydrogens (tertiary/aromatic N) is 4. The van der Waals surface area contributed by atoms with Crippen LogP contribution in [-0.2, 0) is 0 Å². The van der Waals surface area contributed by atoms with Crippen LogP contribution in [0, 0.1) is 0 Å². The number of furan rings is 1. The molecule has 37 heavy (non-hydrogen) atoms. The minimum Gasteiger partial charge on any atom is -0.454 e. The van der Waals surface area contributed by atoms with Crippen LogP contribution in [0.5, 0.6) is 0 Å². The van der Waals surface area contributed by atoms with Gasteiger partial charge in [-0.1, -0.05) is 60.7 Å². The van der Waals surface area contributed by atoms with Gasteiger partial charge in [0.1, 0.15) is 23.3 Å². The molecule has 8 rings (SSSR count). The minimum absolute atomic E-state index is 0.238. The quantitative estimate of drug-likeness (QED) is 0.289. The number of aromatic nitrogens is 4. The molecule has 0 radical (unpaired) electrons. The van der Waals surface area contributed by atoms with Crippen LogP contribution < -0.4 is 5.32 Å². The van der Waals surface area contributed by atoms with Crippen molar-refractivity contribution in [2.75, 3.05) is 5.32 Å². The number of imidazole rings is 1. The fourth-order valence-corrected chi connectivity index (χ4v) is 5.32. The molecule has 1 aliphatic rings. The van der Waals surface area contributed by atoms with Crippen molar-refractivity contribution in [2.45, 2.75) is 6.17 Å². The van der Waals surface area contributed by atoms with E-state index in [2.05, 4.69) is 82.8 Å². The van der Waals surface area contributed by atoms with Gasteiger partial charge in [-0.2, -0.15) is 5.10 Å². The van der Waals surface area contributed by atoms with Crippen molar-refractivity contribution < 1.29 is 4.42 Å². The summed E-state index contributed by atoms with van der Waals surface area (Å²) in [5.41, 5.74) is 7.76. The smallest absolute Gasteiger partial charge is 0.156 e. The normalized spacial score (nSPS) is 14.4. The monoisotopic (exact) mass is 479 g/mol. The van der Waals surface area contributed by atoms with E-state index in [0.29, 0.717) is 0 Å². The van der Waals surface area contributed by atoms with Crippen LogP contribution >= 0.6 is 0 Å². The lowest BCUT2D eigenvalue weighted by molar-refractivity contribution is 0.620. The molecule has 4 aromatic carbocycles. The van der Waals surface area contributed by atoms with Crippen molar-refractivity contribution in [1.29, 1.82) is 0 Å². The van der Waals surface area contributed by atoms with Crippen LogP contribution in [0.3, 0.4) is 0 Å². The molecule has 6 heteroatoms. The van der Waals surface area contributed by atoms with Crippen LogP contribution in [0.1, 0.15) is 11.7 Å². The van der Waals surface area contributed by atoms with Gasteiger partial charge in [0.15, 0.2) is 5.76 Å². The van der Waals surface area contributed by atoms with Crippen LogP contribution in [0.25, 0.3) is 50.5 Å². The average Bonchev–Trinajstić information content (AvgIpc) is 3.68. The number of anilines is 1. The van der Waals surface area contributed by atoms with E-state index in [4.69, 9.17) is 14.5 Å². The minimum atomic E-state index is -0.238. The van der Waals surface area contributed by atoms with Gasteiger partial charge in [-0.05, 0) is 48.5 Å². The molecule has 0 unspecified atom stereocenters. The number of hydrogen-bond acceptors (Lipinski definition) is 4. The van der Waals surface area contributed by atoms with Crippen molar-refractivity contribution in [3.05, 3.63) is 121 Å². The second kappa shape index (κ2) is 7.70. The van der Waals surface area contributed by atoms with Gasteiger partial charge in [-0.3, -0.25) is 4.57 Å². The first-order valence-electron chi connectivity index (χ1n) is 12.3. The molecule has 6 nitrogen and oxygen atoms in total. The maximum Gasteiger partial charge on any atom is 0.156 e. The van der Waals surface area contributed by atoms with E-state index in [-0.39, 0.29) is 6.17 Å². The summed E-state index contributed by atoms with van der Waals surface area (Å²) >= 11 is 0. The van der Waals surface area contributed by atoms with Gasteiger partial charge in [0, 0.05) is 28.4 Å². The molecule has 1 atom stereocenters. The number of nitrogens with one attached hydrogen (secondary N) is 1. The van der Waals surface area contributed by atoms with Crippen molar-refractivity contribution >= 4 is 27.7 Å². The Bertz CT molecular complexity index is 1900. The summed E-state index contributed by atoms with van der Waals surface area (Å²) in [4.78, 5) is 5.04. The lowest BCUT2D eigenvalue weighted by atomic mass is 10.1. The molecule has 0 bridgehead atoms. The third kappa shape index (κ3) is 3.06. The molecule has 0 fully saturated rings. The summed E-state index contributed by atoms with van der Waals surface area (Å²) in [7, 11) is 0. The van der Waals surface area contributed by atoms with Gasteiger partial charge in [0.05, 0.1) is 16.7 Å². The summed E-state index contributed by atoms with van der Waals surface area (Å²) in [5, 5.41) is 9.90. The highest BCUT2D eigenvalue weighted by Gasteiger charge is 2.32. The van der Waals surface area contributed by atoms with Crippen molar-refractivity contribution in [3.63, 3.8) is 0 Å². The van der Waals surface area contributed by atoms with Crippen LogP contribution in [0.2, 0.25) is 0 Å². The summed E-state index contributed by atoms with van der Waals surface area (Å²) in [5.74, 6) is 1.67. The molecule has 4 heterocycles. The summed E-state index contributed by atoms with van der Waals surface area (Å²) in [6.07, 6.45) is 1.86. The van der Waals surface area contributed by atoms with E-state index < -0.39 is 0 Å². The van der Waals surface area contributed by atoms with Gasteiger partial charge < -0.3 is 9.73 Å². The summed E-state index contributed by atoms with van der Waals surface area (Å²) < 4.78 is 10.5. The molecule has 0 saturated heterocycles. The maximum absolute atomic E-state index is 6.33. The highest BCUT2D eigenvalue weighted by atomic mass is 16.3. The number of para-hydroxylation sites is 5. The Labute approximate surface area is 212 Å². The molecule has 0 saturated carbocycles. The molecule has 0 amide bonds. The van der Waals surface area contributed by atoms with E-state index in [0.717, 1.165) is 61.8 Å².